The van der Waals surface area contributed by atoms with Crippen molar-refractivity contribution in [1.29, 1.82) is 0 Å². The van der Waals surface area contributed by atoms with Crippen LogP contribution in [0.15, 0.2) is 66.9 Å². The molecule has 4 aromatic rings. The van der Waals surface area contributed by atoms with Gasteiger partial charge in [-0.1, -0.05) is 42.5 Å². The Labute approximate surface area is 161 Å². The maximum atomic E-state index is 12.7. The van der Waals surface area contributed by atoms with Gasteiger partial charge < -0.3 is 5.32 Å². The molecule has 0 atom stereocenters. The molecule has 1 amide bonds. The Hall–Kier alpha value is -3.25. The normalized spacial score (nSPS) is 10.7. The highest BCUT2D eigenvalue weighted by Gasteiger charge is 2.16. The number of hydrogen-bond acceptors (Lipinski definition) is 4. The first kappa shape index (κ1) is 17.2. The van der Waals surface area contributed by atoms with Crippen LogP contribution in [-0.2, 0) is 6.42 Å². The van der Waals surface area contributed by atoms with Crippen LogP contribution >= 0.6 is 11.3 Å². The molecule has 2 heterocycles. The highest BCUT2D eigenvalue weighted by atomic mass is 32.1. The van der Waals surface area contributed by atoms with Crippen LogP contribution in [0.25, 0.3) is 11.3 Å². The van der Waals surface area contributed by atoms with Crippen molar-refractivity contribution in [2.24, 2.45) is 0 Å². The zero-order valence-electron chi connectivity index (χ0n) is 14.8. The van der Waals surface area contributed by atoms with Crippen LogP contribution in [0.5, 0.6) is 0 Å². The molecular formula is C21H18N4OS. The molecule has 0 saturated carbocycles. The lowest BCUT2D eigenvalue weighted by molar-refractivity contribution is 0.103. The van der Waals surface area contributed by atoms with E-state index in [-0.39, 0.29) is 5.91 Å². The fourth-order valence-electron chi connectivity index (χ4n) is 2.88. The van der Waals surface area contributed by atoms with Crippen LogP contribution in [0, 0.1) is 6.92 Å². The Balaban J connectivity index is 1.51. The first-order chi connectivity index (χ1) is 13.2. The Morgan fingerprint density at radius 3 is 2.74 bits per heavy atom. The number of nitrogens with one attached hydrogen (secondary N) is 2. The van der Waals surface area contributed by atoms with Gasteiger partial charge >= 0.3 is 0 Å². The molecule has 0 radical (unpaired) electrons. The zero-order valence-corrected chi connectivity index (χ0v) is 15.6. The lowest BCUT2D eigenvalue weighted by Gasteiger charge is -2.06. The zero-order chi connectivity index (χ0) is 18.6. The molecule has 0 aliphatic carbocycles. The molecule has 0 fully saturated rings. The predicted octanol–water partition coefficient (Wildman–Crippen LogP) is 4.68. The van der Waals surface area contributed by atoms with Crippen molar-refractivity contribution in [3.8, 4) is 11.3 Å². The molecule has 2 N–H and O–H groups in total. The SMILES string of the molecule is Cc1nc(Cc2ccccc2)sc1C(=O)Nc1cccc(-c2ccn[nH]2)c1. The van der Waals surface area contributed by atoms with Gasteiger partial charge in [-0.25, -0.2) is 4.98 Å². The second-order valence-electron chi connectivity index (χ2n) is 6.19. The molecule has 2 aromatic heterocycles. The minimum Gasteiger partial charge on any atom is -0.321 e. The largest absolute Gasteiger partial charge is 0.321 e. The van der Waals surface area contributed by atoms with Crippen LogP contribution < -0.4 is 5.32 Å². The van der Waals surface area contributed by atoms with E-state index in [1.807, 2.05) is 55.5 Å². The first-order valence-electron chi connectivity index (χ1n) is 8.60. The second-order valence-corrected chi connectivity index (χ2v) is 7.27. The topological polar surface area (TPSA) is 70.7 Å². The van der Waals surface area contributed by atoms with Gasteiger partial charge in [0.05, 0.1) is 16.4 Å². The van der Waals surface area contributed by atoms with E-state index >= 15 is 0 Å². The van der Waals surface area contributed by atoms with Gasteiger partial charge in [0.1, 0.15) is 4.88 Å². The van der Waals surface area contributed by atoms with E-state index in [0.717, 1.165) is 34.1 Å². The van der Waals surface area contributed by atoms with Gasteiger partial charge in [-0.05, 0) is 30.7 Å². The smallest absolute Gasteiger partial charge is 0.267 e. The number of aromatic nitrogens is 3. The van der Waals surface area contributed by atoms with E-state index in [1.165, 1.54) is 16.9 Å². The molecule has 0 aliphatic heterocycles. The summed E-state index contributed by atoms with van der Waals surface area (Å²) in [4.78, 5) is 18.0. The monoisotopic (exact) mass is 374 g/mol. The molecule has 5 nitrogen and oxygen atoms in total. The minimum absolute atomic E-state index is 0.133. The quantitative estimate of drug-likeness (QED) is 0.533. The summed E-state index contributed by atoms with van der Waals surface area (Å²) in [5.41, 5.74) is 4.56. The predicted molar refractivity (Wildman–Crippen MR) is 108 cm³/mol. The second kappa shape index (κ2) is 7.55. The molecular weight excluding hydrogens is 356 g/mol. The van der Waals surface area contributed by atoms with Crippen LogP contribution in [0.1, 0.15) is 25.9 Å². The summed E-state index contributed by atoms with van der Waals surface area (Å²) in [7, 11) is 0. The van der Waals surface area contributed by atoms with Crippen LogP contribution in [-0.4, -0.2) is 21.1 Å². The molecule has 0 saturated heterocycles. The third-order valence-corrected chi connectivity index (χ3v) is 5.33. The number of carbonyl (C=O) groups is 1. The first-order valence-corrected chi connectivity index (χ1v) is 9.42. The van der Waals surface area contributed by atoms with Gasteiger partial charge in [-0.15, -0.1) is 11.3 Å². The maximum absolute atomic E-state index is 12.7. The van der Waals surface area contributed by atoms with Gasteiger partial charge in [0.2, 0.25) is 0 Å². The molecule has 0 aliphatic rings. The summed E-state index contributed by atoms with van der Waals surface area (Å²) in [5, 5.41) is 10.8. The summed E-state index contributed by atoms with van der Waals surface area (Å²) in [5.74, 6) is -0.133. The van der Waals surface area contributed by atoms with Crippen molar-refractivity contribution in [2.45, 2.75) is 13.3 Å². The molecule has 0 bridgehead atoms. The average Bonchev–Trinajstić information content (AvgIpc) is 3.33. The van der Waals surface area contributed by atoms with Gasteiger partial charge in [0.25, 0.3) is 5.91 Å². The highest BCUT2D eigenvalue weighted by Crippen LogP contribution is 2.24. The van der Waals surface area contributed by atoms with Crippen molar-refractivity contribution in [3.63, 3.8) is 0 Å². The van der Waals surface area contributed by atoms with E-state index in [9.17, 15) is 4.79 Å². The average molecular weight is 374 g/mol. The number of thiazole rings is 1. The lowest BCUT2D eigenvalue weighted by Crippen LogP contribution is -2.11. The molecule has 6 heteroatoms. The summed E-state index contributed by atoms with van der Waals surface area (Å²) < 4.78 is 0. The van der Waals surface area contributed by atoms with Crippen molar-refractivity contribution in [1.82, 2.24) is 15.2 Å². The van der Waals surface area contributed by atoms with Gasteiger partial charge in [0.15, 0.2) is 0 Å². The number of hydrogen-bond donors (Lipinski definition) is 2. The number of carbonyl (C=O) groups excluding carboxylic acids is 1. The van der Waals surface area contributed by atoms with Crippen molar-refractivity contribution in [3.05, 3.63) is 88.0 Å². The third-order valence-electron chi connectivity index (χ3n) is 4.18. The van der Waals surface area contributed by atoms with Crippen molar-refractivity contribution < 1.29 is 4.79 Å². The number of anilines is 1. The van der Waals surface area contributed by atoms with E-state index in [4.69, 9.17) is 0 Å². The van der Waals surface area contributed by atoms with Gasteiger partial charge in [-0.3, -0.25) is 9.89 Å². The van der Waals surface area contributed by atoms with E-state index in [1.54, 1.807) is 6.20 Å². The fourth-order valence-corrected chi connectivity index (χ4v) is 3.87. The van der Waals surface area contributed by atoms with Crippen LogP contribution in [0.4, 0.5) is 5.69 Å². The Morgan fingerprint density at radius 1 is 1.11 bits per heavy atom. The Kier molecular flexibility index (Phi) is 4.80. The maximum Gasteiger partial charge on any atom is 0.267 e. The number of aromatic amines is 1. The van der Waals surface area contributed by atoms with E-state index in [0.29, 0.717) is 4.88 Å². The molecule has 2 aromatic carbocycles. The number of rotatable bonds is 5. The van der Waals surface area contributed by atoms with Crippen LogP contribution in [0.2, 0.25) is 0 Å². The van der Waals surface area contributed by atoms with Crippen molar-refractivity contribution in [2.75, 3.05) is 5.32 Å². The Morgan fingerprint density at radius 2 is 1.96 bits per heavy atom. The lowest BCUT2D eigenvalue weighted by atomic mass is 10.1. The number of amides is 1. The summed E-state index contributed by atoms with van der Waals surface area (Å²) in [6, 6.07) is 19.7. The number of aryl methyl sites for hydroxylation is 1. The fraction of sp³-hybridized carbons (Fsp3) is 0.0952. The third kappa shape index (κ3) is 3.96. The van der Waals surface area contributed by atoms with E-state index in [2.05, 4.69) is 32.6 Å². The molecule has 4 rings (SSSR count). The number of benzene rings is 2. The molecule has 27 heavy (non-hydrogen) atoms. The number of H-pyrrole nitrogens is 1. The number of nitrogens with zero attached hydrogens (tertiary/aromatic N) is 2. The summed E-state index contributed by atoms with van der Waals surface area (Å²) >= 11 is 1.44. The molecule has 0 unspecified atom stereocenters. The van der Waals surface area contributed by atoms with E-state index < -0.39 is 0 Å². The molecule has 134 valence electrons. The summed E-state index contributed by atoms with van der Waals surface area (Å²) in [6.45, 7) is 1.88. The van der Waals surface area contributed by atoms with Crippen LogP contribution in [0.3, 0.4) is 0 Å². The molecule has 0 spiro atoms. The minimum atomic E-state index is -0.133. The summed E-state index contributed by atoms with van der Waals surface area (Å²) in [6.07, 6.45) is 2.43. The van der Waals surface area contributed by atoms with Crippen molar-refractivity contribution >= 4 is 22.9 Å². The highest BCUT2D eigenvalue weighted by molar-refractivity contribution is 7.14. The Bertz CT molecular complexity index is 1060. The standard InChI is InChI=1S/C21H18N4OS/c1-14-20(27-19(23-14)12-15-6-3-2-4-7-15)21(26)24-17-9-5-8-16(13-17)18-10-11-22-25-18/h2-11,13H,12H2,1H3,(H,22,25)(H,24,26). The van der Waals surface area contributed by atoms with Gasteiger partial charge in [0, 0.05) is 23.9 Å². The van der Waals surface area contributed by atoms with Gasteiger partial charge in [-0.2, -0.15) is 5.10 Å².